The summed E-state index contributed by atoms with van der Waals surface area (Å²) >= 11 is 1.92. The highest BCUT2D eigenvalue weighted by Crippen LogP contribution is 2.21. The van der Waals surface area contributed by atoms with Gasteiger partial charge in [0.2, 0.25) is 0 Å². The second kappa shape index (κ2) is 8.58. The molecule has 0 aliphatic heterocycles. The highest BCUT2D eigenvalue weighted by molar-refractivity contribution is 7.98. The van der Waals surface area contributed by atoms with Crippen molar-refractivity contribution >= 4 is 17.4 Å². The molecule has 20 heavy (non-hydrogen) atoms. The maximum Gasteiger partial charge on any atom is 0.0368 e. The number of hydrogen-bond donors (Lipinski definition) is 1. The molecule has 0 aromatic heterocycles. The van der Waals surface area contributed by atoms with E-state index in [-0.39, 0.29) is 0 Å². The quantitative estimate of drug-likeness (QED) is 0.778. The zero-order chi connectivity index (χ0) is 15.1. The summed E-state index contributed by atoms with van der Waals surface area (Å²) in [5, 5.41) is 3.49. The number of thioether (sulfide) groups is 1. The molecule has 0 amide bonds. The van der Waals surface area contributed by atoms with Crippen LogP contribution in [0.4, 0.5) is 5.69 Å². The maximum atomic E-state index is 3.49. The Morgan fingerprint density at radius 2 is 1.95 bits per heavy atom. The van der Waals surface area contributed by atoms with Crippen LogP contribution in [0.3, 0.4) is 0 Å². The van der Waals surface area contributed by atoms with Crippen molar-refractivity contribution in [2.45, 2.75) is 52.7 Å². The van der Waals surface area contributed by atoms with Crippen molar-refractivity contribution in [3.63, 3.8) is 0 Å². The van der Waals surface area contributed by atoms with Crippen molar-refractivity contribution in [3.8, 4) is 0 Å². The van der Waals surface area contributed by atoms with E-state index < -0.39 is 0 Å². The smallest absolute Gasteiger partial charge is 0.0368 e. The van der Waals surface area contributed by atoms with E-state index in [2.05, 4.69) is 69.4 Å². The molecular weight excluding hydrogens is 264 g/mol. The highest BCUT2D eigenvalue weighted by Gasteiger charge is 2.11. The minimum atomic E-state index is 0.531. The minimum Gasteiger partial charge on any atom is -0.372 e. The van der Waals surface area contributed by atoms with Crippen LogP contribution in [0.15, 0.2) is 18.2 Å². The lowest BCUT2D eigenvalue weighted by Gasteiger charge is -2.27. The number of hydrogen-bond acceptors (Lipinski definition) is 3. The molecule has 0 spiro atoms. The number of nitrogens with one attached hydrogen (secondary N) is 1. The molecule has 0 aliphatic carbocycles. The lowest BCUT2D eigenvalue weighted by atomic mass is 10.1. The Balaban J connectivity index is 2.70. The molecule has 1 aromatic rings. The summed E-state index contributed by atoms with van der Waals surface area (Å²) in [7, 11) is 2.20. The summed E-state index contributed by atoms with van der Waals surface area (Å²) in [6.07, 6.45) is 3.40. The molecule has 0 saturated carbocycles. The molecule has 1 unspecified atom stereocenters. The van der Waals surface area contributed by atoms with E-state index in [1.165, 1.54) is 29.0 Å². The fourth-order valence-corrected chi connectivity index (χ4v) is 2.73. The van der Waals surface area contributed by atoms with E-state index in [9.17, 15) is 0 Å². The van der Waals surface area contributed by atoms with E-state index in [0.717, 1.165) is 6.54 Å². The molecule has 0 heterocycles. The topological polar surface area (TPSA) is 15.3 Å². The van der Waals surface area contributed by atoms with Crippen molar-refractivity contribution < 1.29 is 0 Å². The van der Waals surface area contributed by atoms with Gasteiger partial charge in [0.15, 0.2) is 0 Å². The van der Waals surface area contributed by atoms with Gasteiger partial charge in [-0.3, -0.25) is 0 Å². The lowest BCUT2D eigenvalue weighted by molar-refractivity contribution is 0.587. The molecule has 2 nitrogen and oxygen atoms in total. The number of rotatable bonds is 8. The van der Waals surface area contributed by atoms with Crippen LogP contribution in [-0.4, -0.2) is 31.1 Å². The molecule has 1 aromatic carbocycles. The van der Waals surface area contributed by atoms with Crippen LogP contribution in [0.25, 0.3) is 0 Å². The number of nitrogens with zero attached hydrogens (tertiary/aromatic N) is 1. The van der Waals surface area contributed by atoms with Gasteiger partial charge in [-0.2, -0.15) is 11.8 Å². The summed E-state index contributed by atoms with van der Waals surface area (Å²) in [6.45, 7) is 9.84. The predicted octanol–water partition coefficient (Wildman–Crippen LogP) is 4.07. The first-order chi connectivity index (χ1) is 9.45. The fraction of sp³-hybridized carbons (Fsp3) is 0.647. The van der Waals surface area contributed by atoms with Gasteiger partial charge in [0.25, 0.3) is 0 Å². The Hall–Kier alpha value is -0.670. The SMILES string of the molecule is CSCCC(C)N(C)c1ccc(CNC(C)C)c(C)c1. The molecule has 0 aliphatic rings. The second-order valence-electron chi connectivity index (χ2n) is 5.89. The molecule has 1 atom stereocenters. The molecule has 0 fully saturated rings. The number of anilines is 1. The van der Waals surface area contributed by atoms with Gasteiger partial charge in [0, 0.05) is 31.4 Å². The first kappa shape index (κ1) is 17.4. The highest BCUT2D eigenvalue weighted by atomic mass is 32.2. The van der Waals surface area contributed by atoms with Crippen LogP contribution in [0.1, 0.15) is 38.3 Å². The van der Waals surface area contributed by atoms with Crippen molar-refractivity contribution in [1.29, 1.82) is 0 Å². The number of benzene rings is 1. The van der Waals surface area contributed by atoms with E-state index in [0.29, 0.717) is 12.1 Å². The molecule has 3 heteroatoms. The van der Waals surface area contributed by atoms with Gasteiger partial charge in [-0.15, -0.1) is 0 Å². The lowest BCUT2D eigenvalue weighted by Crippen LogP contribution is -2.29. The first-order valence-corrected chi connectivity index (χ1v) is 8.89. The third-order valence-electron chi connectivity index (χ3n) is 3.84. The van der Waals surface area contributed by atoms with Crippen LogP contribution in [0.5, 0.6) is 0 Å². The summed E-state index contributed by atoms with van der Waals surface area (Å²) in [4.78, 5) is 2.39. The monoisotopic (exact) mass is 294 g/mol. The molecular formula is C17H30N2S. The standard InChI is InChI=1S/C17H30N2S/c1-13(2)18-12-16-7-8-17(11-14(16)3)19(5)15(4)9-10-20-6/h7-8,11,13,15,18H,9-10,12H2,1-6H3. The van der Waals surface area contributed by atoms with E-state index in [1.54, 1.807) is 0 Å². The Bertz CT molecular complexity index is 404. The Morgan fingerprint density at radius 1 is 1.25 bits per heavy atom. The van der Waals surface area contributed by atoms with Crippen LogP contribution in [0, 0.1) is 6.92 Å². The Morgan fingerprint density at radius 3 is 2.50 bits per heavy atom. The van der Waals surface area contributed by atoms with Crippen molar-refractivity contribution in [2.24, 2.45) is 0 Å². The summed E-state index contributed by atoms with van der Waals surface area (Å²) in [5.41, 5.74) is 4.09. The van der Waals surface area contributed by atoms with Gasteiger partial charge < -0.3 is 10.2 Å². The van der Waals surface area contributed by atoms with Crippen molar-refractivity contribution in [3.05, 3.63) is 29.3 Å². The minimum absolute atomic E-state index is 0.531. The Kier molecular flexibility index (Phi) is 7.46. The first-order valence-electron chi connectivity index (χ1n) is 7.50. The van der Waals surface area contributed by atoms with E-state index in [4.69, 9.17) is 0 Å². The van der Waals surface area contributed by atoms with E-state index >= 15 is 0 Å². The molecule has 114 valence electrons. The van der Waals surface area contributed by atoms with Gasteiger partial charge in [-0.05, 0) is 55.5 Å². The average molecular weight is 295 g/mol. The summed E-state index contributed by atoms with van der Waals surface area (Å²) in [5.74, 6) is 1.22. The van der Waals surface area contributed by atoms with Crippen molar-refractivity contribution in [2.75, 3.05) is 24.0 Å². The Labute approximate surface area is 129 Å². The molecule has 0 saturated heterocycles. The van der Waals surface area contributed by atoms with Gasteiger partial charge in [-0.25, -0.2) is 0 Å². The third-order valence-corrected chi connectivity index (χ3v) is 4.48. The van der Waals surface area contributed by atoms with Gasteiger partial charge in [0.05, 0.1) is 0 Å². The molecule has 0 radical (unpaired) electrons. The van der Waals surface area contributed by atoms with Gasteiger partial charge in [-0.1, -0.05) is 19.9 Å². The second-order valence-corrected chi connectivity index (χ2v) is 6.87. The zero-order valence-electron chi connectivity index (χ0n) is 13.9. The molecule has 0 bridgehead atoms. The third kappa shape index (κ3) is 5.37. The number of aryl methyl sites for hydroxylation is 1. The van der Waals surface area contributed by atoms with Gasteiger partial charge in [0.1, 0.15) is 0 Å². The van der Waals surface area contributed by atoms with Gasteiger partial charge >= 0.3 is 0 Å². The normalized spacial score (nSPS) is 12.8. The summed E-state index contributed by atoms with van der Waals surface area (Å²) < 4.78 is 0. The van der Waals surface area contributed by atoms with Crippen LogP contribution in [-0.2, 0) is 6.54 Å². The van der Waals surface area contributed by atoms with Crippen molar-refractivity contribution in [1.82, 2.24) is 5.32 Å². The van der Waals surface area contributed by atoms with E-state index in [1.807, 2.05) is 11.8 Å². The molecule has 1 rings (SSSR count). The maximum absolute atomic E-state index is 3.49. The zero-order valence-corrected chi connectivity index (χ0v) is 14.7. The predicted molar refractivity (Wildman–Crippen MR) is 94.0 cm³/mol. The molecule has 1 N–H and O–H groups in total. The summed E-state index contributed by atoms with van der Waals surface area (Å²) in [6, 6.07) is 7.94. The van der Waals surface area contributed by atoms with Crippen LogP contribution in [0.2, 0.25) is 0 Å². The van der Waals surface area contributed by atoms with Crippen LogP contribution < -0.4 is 10.2 Å². The fourth-order valence-electron chi connectivity index (χ4n) is 2.15. The average Bonchev–Trinajstić information content (AvgIpc) is 2.42. The largest absolute Gasteiger partial charge is 0.372 e. The van der Waals surface area contributed by atoms with Crippen LogP contribution >= 0.6 is 11.8 Å².